The van der Waals surface area contributed by atoms with Crippen LogP contribution in [0.4, 0.5) is 14.5 Å². The van der Waals surface area contributed by atoms with Crippen molar-refractivity contribution in [3.8, 4) is 11.1 Å². The average molecular weight is 358 g/mol. The van der Waals surface area contributed by atoms with Crippen LogP contribution < -0.4 is 5.32 Å². The van der Waals surface area contributed by atoms with Crippen LogP contribution in [0.3, 0.4) is 0 Å². The summed E-state index contributed by atoms with van der Waals surface area (Å²) in [4.78, 5) is 14.5. The molecule has 1 amide bonds. The van der Waals surface area contributed by atoms with Crippen LogP contribution in [0.2, 0.25) is 0 Å². The second-order valence-electron chi connectivity index (χ2n) is 6.73. The van der Waals surface area contributed by atoms with Crippen molar-refractivity contribution in [3.63, 3.8) is 0 Å². The molecular formula is C21H24F2N2O. The monoisotopic (exact) mass is 358 g/mol. The summed E-state index contributed by atoms with van der Waals surface area (Å²) in [7, 11) is 0. The molecule has 0 saturated carbocycles. The first-order chi connectivity index (χ1) is 12.6. The number of hydrogen-bond acceptors (Lipinski definition) is 2. The van der Waals surface area contributed by atoms with Gasteiger partial charge in [-0.25, -0.2) is 8.78 Å². The van der Waals surface area contributed by atoms with E-state index in [1.807, 2.05) is 0 Å². The van der Waals surface area contributed by atoms with Crippen molar-refractivity contribution < 1.29 is 13.6 Å². The van der Waals surface area contributed by atoms with E-state index < -0.39 is 11.6 Å². The maximum atomic E-state index is 13.8. The van der Waals surface area contributed by atoms with Gasteiger partial charge < -0.3 is 10.2 Å². The van der Waals surface area contributed by atoms with Gasteiger partial charge in [0.25, 0.3) is 0 Å². The highest BCUT2D eigenvalue weighted by atomic mass is 19.2. The fraction of sp³-hybridized carbons (Fsp3) is 0.381. The lowest BCUT2D eigenvalue weighted by atomic mass is 10.0. The van der Waals surface area contributed by atoms with Gasteiger partial charge in [0.05, 0.1) is 0 Å². The van der Waals surface area contributed by atoms with Gasteiger partial charge in [-0.15, -0.1) is 0 Å². The van der Waals surface area contributed by atoms with Gasteiger partial charge in [0, 0.05) is 17.7 Å². The van der Waals surface area contributed by atoms with E-state index in [0.29, 0.717) is 17.7 Å². The van der Waals surface area contributed by atoms with Crippen LogP contribution in [0.5, 0.6) is 0 Å². The summed E-state index contributed by atoms with van der Waals surface area (Å²) in [6.45, 7) is 3.44. The van der Waals surface area contributed by atoms with Crippen LogP contribution in [0.1, 0.15) is 32.1 Å². The molecule has 3 rings (SSSR count). The van der Waals surface area contributed by atoms with Crippen molar-refractivity contribution in [2.24, 2.45) is 0 Å². The van der Waals surface area contributed by atoms with Gasteiger partial charge in [-0.05, 0) is 69.1 Å². The first kappa shape index (κ1) is 18.5. The highest BCUT2D eigenvalue weighted by Gasteiger charge is 2.12. The van der Waals surface area contributed by atoms with Crippen molar-refractivity contribution in [1.29, 1.82) is 0 Å². The van der Waals surface area contributed by atoms with Gasteiger partial charge in [0.15, 0.2) is 11.6 Å². The molecule has 0 radical (unpaired) electrons. The van der Waals surface area contributed by atoms with Gasteiger partial charge in [0.1, 0.15) is 0 Å². The Balaban J connectivity index is 1.47. The van der Waals surface area contributed by atoms with Crippen molar-refractivity contribution >= 4 is 11.6 Å². The predicted molar refractivity (Wildman–Crippen MR) is 99.9 cm³/mol. The molecule has 138 valence electrons. The third-order valence-electron chi connectivity index (χ3n) is 4.76. The van der Waals surface area contributed by atoms with Crippen molar-refractivity contribution in [2.75, 3.05) is 25.0 Å². The third-order valence-corrected chi connectivity index (χ3v) is 4.76. The van der Waals surface area contributed by atoms with Crippen LogP contribution in [-0.2, 0) is 4.79 Å². The van der Waals surface area contributed by atoms with Crippen molar-refractivity contribution in [3.05, 3.63) is 54.1 Å². The molecule has 2 aromatic rings. The Hall–Kier alpha value is -2.27. The van der Waals surface area contributed by atoms with Crippen LogP contribution in [-0.4, -0.2) is 30.4 Å². The van der Waals surface area contributed by atoms with E-state index in [2.05, 4.69) is 10.2 Å². The Morgan fingerprint density at radius 3 is 2.46 bits per heavy atom. The molecule has 0 atom stereocenters. The van der Waals surface area contributed by atoms with Crippen LogP contribution >= 0.6 is 0 Å². The van der Waals surface area contributed by atoms with E-state index in [4.69, 9.17) is 0 Å². The first-order valence-corrected chi connectivity index (χ1v) is 9.20. The number of likely N-dealkylation sites (tertiary alicyclic amines) is 1. The fourth-order valence-electron chi connectivity index (χ4n) is 3.31. The number of rotatable bonds is 7. The van der Waals surface area contributed by atoms with Crippen LogP contribution in [0, 0.1) is 11.6 Å². The minimum absolute atomic E-state index is 0.0175. The summed E-state index contributed by atoms with van der Waals surface area (Å²) in [5.74, 6) is -1.74. The molecule has 0 aromatic heterocycles. The summed E-state index contributed by atoms with van der Waals surface area (Å²) >= 11 is 0. The van der Waals surface area contributed by atoms with Crippen molar-refractivity contribution in [2.45, 2.75) is 32.1 Å². The highest BCUT2D eigenvalue weighted by Crippen LogP contribution is 2.25. The molecule has 1 heterocycles. The molecule has 1 fully saturated rings. The Bertz CT molecular complexity index is 740. The second-order valence-corrected chi connectivity index (χ2v) is 6.73. The molecule has 0 spiro atoms. The second kappa shape index (κ2) is 8.90. The maximum absolute atomic E-state index is 13.8. The summed E-state index contributed by atoms with van der Waals surface area (Å²) in [6, 6.07) is 10.9. The molecule has 1 saturated heterocycles. The van der Waals surface area contributed by atoms with Gasteiger partial charge in [-0.2, -0.15) is 0 Å². The number of nitrogens with zero attached hydrogens (tertiary/aromatic N) is 1. The van der Waals surface area contributed by atoms with E-state index in [1.165, 1.54) is 38.1 Å². The summed E-state index contributed by atoms with van der Waals surface area (Å²) in [5.41, 5.74) is 1.45. The van der Waals surface area contributed by atoms with E-state index in [0.717, 1.165) is 25.5 Å². The predicted octanol–water partition coefficient (Wildman–Crippen LogP) is 4.84. The SMILES string of the molecule is O=C(CCCCN1CCCC1)Nc1ccc(-c2cccc(F)c2F)cc1. The Kier molecular flexibility index (Phi) is 6.34. The van der Waals surface area contributed by atoms with Gasteiger partial charge in [-0.1, -0.05) is 24.3 Å². The van der Waals surface area contributed by atoms with E-state index in [9.17, 15) is 13.6 Å². The highest BCUT2D eigenvalue weighted by molar-refractivity contribution is 5.90. The smallest absolute Gasteiger partial charge is 0.224 e. The summed E-state index contributed by atoms with van der Waals surface area (Å²) in [5, 5.41) is 2.85. The van der Waals surface area contributed by atoms with E-state index >= 15 is 0 Å². The molecule has 3 nitrogen and oxygen atoms in total. The largest absolute Gasteiger partial charge is 0.326 e. The number of amides is 1. The summed E-state index contributed by atoms with van der Waals surface area (Å²) < 4.78 is 27.2. The molecule has 1 N–H and O–H groups in total. The van der Waals surface area contributed by atoms with E-state index in [1.54, 1.807) is 24.3 Å². The minimum Gasteiger partial charge on any atom is -0.326 e. The number of benzene rings is 2. The number of unbranched alkanes of at least 4 members (excludes halogenated alkanes) is 1. The molecule has 0 unspecified atom stereocenters. The molecule has 0 bridgehead atoms. The maximum Gasteiger partial charge on any atom is 0.224 e. The number of anilines is 1. The number of carbonyl (C=O) groups is 1. The topological polar surface area (TPSA) is 32.3 Å². The van der Waals surface area contributed by atoms with Gasteiger partial charge in [-0.3, -0.25) is 4.79 Å². The lowest BCUT2D eigenvalue weighted by molar-refractivity contribution is -0.116. The standard InChI is InChI=1S/C21H24F2N2O/c22-19-7-5-6-18(21(19)23)16-9-11-17(12-10-16)24-20(26)8-1-2-13-25-14-3-4-15-25/h5-7,9-12H,1-4,8,13-15H2,(H,24,26). The first-order valence-electron chi connectivity index (χ1n) is 9.20. The lowest BCUT2D eigenvalue weighted by Crippen LogP contribution is -2.20. The Morgan fingerprint density at radius 2 is 1.73 bits per heavy atom. The summed E-state index contributed by atoms with van der Waals surface area (Å²) in [6.07, 6.45) is 4.97. The number of halogens is 2. The zero-order chi connectivity index (χ0) is 18.4. The minimum atomic E-state index is -0.867. The molecule has 0 aliphatic carbocycles. The third kappa shape index (κ3) is 4.88. The molecular weight excluding hydrogens is 334 g/mol. The van der Waals surface area contributed by atoms with E-state index in [-0.39, 0.29) is 11.5 Å². The Morgan fingerprint density at radius 1 is 1.00 bits per heavy atom. The normalized spacial score (nSPS) is 14.5. The zero-order valence-corrected chi connectivity index (χ0v) is 14.8. The average Bonchev–Trinajstić information content (AvgIpc) is 3.15. The molecule has 1 aliphatic rings. The molecule has 2 aromatic carbocycles. The number of nitrogens with one attached hydrogen (secondary N) is 1. The molecule has 1 aliphatic heterocycles. The Labute approximate surface area is 153 Å². The molecule has 26 heavy (non-hydrogen) atoms. The number of carbonyl (C=O) groups excluding carboxylic acids is 1. The zero-order valence-electron chi connectivity index (χ0n) is 14.8. The molecule has 5 heteroatoms. The number of hydrogen-bond donors (Lipinski definition) is 1. The van der Waals surface area contributed by atoms with Crippen molar-refractivity contribution in [1.82, 2.24) is 4.90 Å². The van der Waals surface area contributed by atoms with Crippen LogP contribution in [0.25, 0.3) is 11.1 Å². The van der Waals surface area contributed by atoms with Gasteiger partial charge in [0.2, 0.25) is 5.91 Å². The van der Waals surface area contributed by atoms with Gasteiger partial charge >= 0.3 is 0 Å². The quantitative estimate of drug-likeness (QED) is 0.719. The van der Waals surface area contributed by atoms with Crippen LogP contribution in [0.15, 0.2) is 42.5 Å². The lowest BCUT2D eigenvalue weighted by Gasteiger charge is -2.13. The fourth-order valence-corrected chi connectivity index (χ4v) is 3.31.